The Hall–Kier alpha value is -3.19. The minimum absolute atomic E-state index is 0.185. The summed E-state index contributed by atoms with van der Waals surface area (Å²) in [6, 6.07) is 11.0. The first kappa shape index (κ1) is 19.5. The number of phenolic OH excluding ortho intramolecular Hbond substituents is 1. The predicted molar refractivity (Wildman–Crippen MR) is 125 cm³/mol. The summed E-state index contributed by atoms with van der Waals surface area (Å²) in [6.07, 6.45) is 5.15. The molecule has 1 saturated heterocycles. The average molecular weight is 430 g/mol. The second-order valence-electron chi connectivity index (χ2n) is 9.11. The normalized spacial score (nSPS) is 19.2. The van der Waals surface area contributed by atoms with Gasteiger partial charge in [-0.1, -0.05) is 6.42 Å². The van der Waals surface area contributed by atoms with Crippen LogP contribution in [0.15, 0.2) is 34.7 Å². The summed E-state index contributed by atoms with van der Waals surface area (Å²) >= 11 is 0. The Balaban J connectivity index is 1.29. The van der Waals surface area contributed by atoms with Crippen LogP contribution in [0.4, 0.5) is 5.82 Å². The molecule has 2 aliphatic rings. The van der Waals surface area contributed by atoms with Gasteiger partial charge in [0.05, 0.1) is 16.7 Å². The second-order valence-corrected chi connectivity index (χ2v) is 9.11. The number of rotatable bonds is 4. The standard InChI is InChI=1S/C25H27N5O2/c1-14-24-22(32-15(2)26-24)12-18(25(14)31)19-6-7-21-20(28-19)8-9-23(29-21)30-11-10-17(13-30)27-16-4-3-5-16/h6-9,12,16-17,27,31H,3-5,10-11,13H2,1-2H3/t17-/m0/s1. The number of aromatic nitrogens is 3. The Kier molecular flexibility index (Phi) is 4.54. The maximum atomic E-state index is 10.8. The summed E-state index contributed by atoms with van der Waals surface area (Å²) < 4.78 is 5.70. The van der Waals surface area contributed by atoms with Gasteiger partial charge in [0.1, 0.15) is 17.1 Å². The van der Waals surface area contributed by atoms with Gasteiger partial charge in [0.15, 0.2) is 11.5 Å². The molecule has 0 radical (unpaired) electrons. The van der Waals surface area contributed by atoms with Gasteiger partial charge in [-0.25, -0.2) is 15.0 Å². The number of phenols is 1. The quantitative estimate of drug-likeness (QED) is 0.494. The van der Waals surface area contributed by atoms with Crippen molar-refractivity contribution in [3.8, 4) is 17.0 Å². The van der Waals surface area contributed by atoms with Gasteiger partial charge in [0.25, 0.3) is 0 Å². The zero-order chi connectivity index (χ0) is 21.8. The number of anilines is 1. The Morgan fingerprint density at radius 1 is 1.00 bits per heavy atom. The second kappa shape index (κ2) is 7.45. The summed E-state index contributed by atoms with van der Waals surface area (Å²) in [5, 5.41) is 14.6. The van der Waals surface area contributed by atoms with Crippen molar-refractivity contribution in [2.24, 2.45) is 0 Å². The maximum Gasteiger partial charge on any atom is 0.192 e. The fraction of sp³-hybridized carbons (Fsp3) is 0.400. The van der Waals surface area contributed by atoms with Crippen LogP contribution in [-0.2, 0) is 0 Å². The topological polar surface area (TPSA) is 87.3 Å². The summed E-state index contributed by atoms with van der Waals surface area (Å²) in [5.74, 6) is 1.77. The Labute approximate surface area is 186 Å². The number of fused-ring (bicyclic) bond motifs is 2. The lowest BCUT2D eigenvalue weighted by Gasteiger charge is -2.30. The van der Waals surface area contributed by atoms with E-state index in [1.807, 2.05) is 31.2 Å². The molecule has 0 unspecified atom stereocenters. The Morgan fingerprint density at radius 2 is 1.81 bits per heavy atom. The number of hydrogen-bond acceptors (Lipinski definition) is 7. The molecule has 1 aliphatic carbocycles. The molecule has 1 aliphatic heterocycles. The van der Waals surface area contributed by atoms with Crippen LogP contribution in [0, 0.1) is 13.8 Å². The van der Waals surface area contributed by atoms with Crippen LogP contribution in [0.5, 0.6) is 5.75 Å². The van der Waals surface area contributed by atoms with E-state index in [-0.39, 0.29) is 5.75 Å². The molecule has 7 nitrogen and oxygen atoms in total. The highest BCUT2D eigenvalue weighted by Gasteiger charge is 2.27. The highest BCUT2D eigenvalue weighted by molar-refractivity contribution is 5.89. The van der Waals surface area contributed by atoms with Gasteiger partial charge in [-0.3, -0.25) is 0 Å². The van der Waals surface area contributed by atoms with E-state index in [9.17, 15) is 5.11 Å². The molecule has 1 aromatic carbocycles. The summed E-state index contributed by atoms with van der Waals surface area (Å²) in [4.78, 5) is 16.4. The van der Waals surface area contributed by atoms with Gasteiger partial charge in [-0.15, -0.1) is 0 Å². The third kappa shape index (κ3) is 3.28. The van der Waals surface area contributed by atoms with Gasteiger partial charge in [0, 0.05) is 43.2 Å². The number of benzene rings is 1. The third-order valence-electron chi connectivity index (χ3n) is 6.89. The van der Waals surface area contributed by atoms with Crippen molar-refractivity contribution in [3.63, 3.8) is 0 Å². The van der Waals surface area contributed by atoms with Crippen LogP contribution >= 0.6 is 0 Å². The van der Waals surface area contributed by atoms with Gasteiger partial charge in [0.2, 0.25) is 0 Å². The molecular formula is C25H27N5O2. The highest BCUT2D eigenvalue weighted by Crippen LogP contribution is 2.37. The first-order valence-corrected chi connectivity index (χ1v) is 11.4. The predicted octanol–water partition coefficient (Wildman–Crippen LogP) is 4.48. The molecule has 164 valence electrons. The van der Waals surface area contributed by atoms with Gasteiger partial charge in [-0.2, -0.15) is 0 Å². The van der Waals surface area contributed by atoms with Crippen molar-refractivity contribution >= 4 is 28.0 Å². The number of aromatic hydroxyl groups is 1. The lowest BCUT2D eigenvalue weighted by molar-refractivity contribution is 0.311. The van der Waals surface area contributed by atoms with Gasteiger partial charge >= 0.3 is 0 Å². The van der Waals surface area contributed by atoms with Crippen LogP contribution in [0.2, 0.25) is 0 Å². The minimum atomic E-state index is 0.185. The van der Waals surface area contributed by atoms with E-state index in [4.69, 9.17) is 14.4 Å². The Bertz CT molecular complexity index is 1330. The zero-order valence-corrected chi connectivity index (χ0v) is 18.4. The average Bonchev–Trinajstić information content (AvgIpc) is 3.39. The summed E-state index contributed by atoms with van der Waals surface area (Å²) in [6.45, 7) is 5.68. The fourth-order valence-electron chi connectivity index (χ4n) is 4.86. The van der Waals surface area contributed by atoms with Crippen LogP contribution in [-0.4, -0.2) is 45.2 Å². The smallest absolute Gasteiger partial charge is 0.192 e. The molecule has 6 rings (SSSR count). The van der Waals surface area contributed by atoms with Crippen LogP contribution in [0.25, 0.3) is 33.4 Å². The van der Waals surface area contributed by atoms with Gasteiger partial charge < -0.3 is 19.7 Å². The van der Waals surface area contributed by atoms with E-state index in [1.165, 1.54) is 19.3 Å². The molecular weight excluding hydrogens is 402 g/mol. The molecule has 7 heteroatoms. The number of nitrogens with one attached hydrogen (secondary N) is 1. The first-order chi connectivity index (χ1) is 15.5. The zero-order valence-electron chi connectivity index (χ0n) is 18.4. The van der Waals surface area contributed by atoms with Crippen molar-refractivity contribution < 1.29 is 9.52 Å². The van der Waals surface area contributed by atoms with E-state index in [0.29, 0.717) is 45.9 Å². The molecule has 2 N–H and O–H groups in total. The first-order valence-electron chi connectivity index (χ1n) is 11.4. The lowest BCUT2D eigenvalue weighted by atomic mass is 9.92. The van der Waals surface area contributed by atoms with E-state index >= 15 is 0 Å². The molecule has 4 aromatic rings. The van der Waals surface area contributed by atoms with Crippen LogP contribution in [0.1, 0.15) is 37.1 Å². The van der Waals surface area contributed by atoms with Gasteiger partial charge in [-0.05, 0) is 56.5 Å². The van der Waals surface area contributed by atoms with E-state index in [1.54, 1.807) is 6.92 Å². The third-order valence-corrected chi connectivity index (χ3v) is 6.89. The molecule has 1 saturated carbocycles. The molecule has 0 amide bonds. The van der Waals surface area contributed by atoms with Crippen LogP contribution in [0.3, 0.4) is 0 Å². The van der Waals surface area contributed by atoms with E-state index < -0.39 is 0 Å². The largest absolute Gasteiger partial charge is 0.507 e. The number of nitrogens with zero attached hydrogens (tertiary/aromatic N) is 4. The molecule has 1 atom stereocenters. The lowest BCUT2D eigenvalue weighted by Crippen LogP contribution is -2.43. The SMILES string of the molecule is Cc1nc2c(C)c(O)c(-c3ccc4nc(N5CC[C@H](NC6CCC6)C5)ccc4n3)cc2o1. The van der Waals surface area contributed by atoms with Crippen molar-refractivity contribution in [2.45, 2.75) is 51.6 Å². The number of hydrogen-bond donors (Lipinski definition) is 2. The maximum absolute atomic E-state index is 10.8. The monoisotopic (exact) mass is 429 g/mol. The molecule has 3 aromatic heterocycles. The molecule has 2 fully saturated rings. The fourth-order valence-corrected chi connectivity index (χ4v) is 4.86. The molecule has 0 spiro atoms. The van der Waals surface area contributed by atoms with Crippen molar-refractivity contribution in [1.82, 2.24) is 20.3 Å². The number of pyridine rings is 2. The summed E-state index contributed by atoms with van der Waals surface area (Å²) in [5.41, 5.74) is 5.03. The van der Waals surface area contributed by atoms with Crippen LogP contribution < -0.4 is 10.2 Å². The number of aryl methyl sites for hydroxylation is 2. The summed E-state index contributed by atoms with van der Waals surface area (Å²) in [7, 11) is 0. The number of oxazole rings is 1. The Morgan fingerprint density at radius 3 is 2.62 bits per heavy atom. The van der Waals surface area contributed by atoms with Crippen molar-refractivity contribution in [2.75, 3.05) is 18.0 Å². The van der Waals surface area contributed by atoms with Crippen molar-refractivity contribution in [3.05, 3.63) is 41.8 Å². The molecule has 32 heavy (non-hydrogen) atoms. The van der Waals surface area contributed by atoms with E-state index in [2.05, 4.69) is 21.3 Å². The molecule has 0 bridgehead atoms. The van der Waals surface area contributed by atoms with Crippen molar-refractivity contribution in [1.29, 1.82) is 0 Å². The minimum Gasteiger partial charge on any atom is -0.507 e. The highest BCUT2D eigenvalue weighted by atomic mass is 16.3. The molecule has 4 heterocycles. The van der Waals surface area contributed by atoms with E-state index in [0.717, 1.165) is 36.4 Å².